The molecular formula is C13H16F3NO3. The zero-order valence-electron chi connectivity index (χ0n) is 11.2. The number of rotatable bonds is 5. The van der Waals surface area contributed by atoms with Crippen LogP contribution in [0.4, 0.5) is 13.2 Å². The smallest absolute Gasteiger partial charge is 0.419 e. The Hall–Kier alpha value is -1.76. The molecule has 1 N–H and O–H groups in total. The molecule has 4 nitrogen and oxygen atoms in total. The first-order chi connectivity index (χ1) is 9.29. The second kappa shape index (κ2) is 6.60. The van der Waals surface area contributed by atoms with Crippen LogP contribution in [0.3, 0.4) is 0 Å². The molecule has 0 aliphatic carbocycles. The second-order valence-electron chi connectivity index (χ2n) is 4.18. The number of nitrogens with zero attached hydrogens (tertiary/aromatic N) is 1. The molecule has 7 heteroatoms. The predicted molar refractivity (Wildman–Crippen MR) is 66.2 cm³/mol. The Balaban J connectivity index is 2.92. The van der Waals surface area contributed by atoms with Crippen LogP contribution in [-0.4, -0.2) is 36.1 Å². The van der Waals surface area contributed by atoms with Crippen LogP contribution in [0.25, 0.3) is 0 Å². The average molecular weight is 291 g/mol. The van der Waals surface area contributed by atoms with E-state index in [0.717, 1.165) is 12.1 Å². The molecule has 112 valence electrons. The van der Waals surface area contributed by atoms with E-state index in [-0.39, 0.29) is 5.56 Å². The van der Waals surface area contributed by atoms with Crippen LogP contribution in [0.5, 0.6) is 5.75 Å². The molecule has 1 aromatic carbocycles. The van der Waals surface area contributed by atoms with Crippen molar-refractivity contribution >= 4 is 5.91 Å². The largest absolute Gasteiger partial charge is 0.483 e. The zero-order chi connectivity index (χ0) is 15.3. The van der Waals surface area contributed by atoms with Gasteiger partial charge in [-0.15, -0.1) is 0 Å². The van der Waals surface area contributed by atoms with Crippen molar-refractivity contribution in [1.82, 2.24) is 4.90 Å². The van der Waals surface area contributed by atoms with E-state index in [2.05, 4.69) is 0 Å². The highest BCUT2D eigenvalue weighted by Gasteiger charge is 2.34. The summed E-state index contributed by atoms with van der Waals surface area (Å²) < 4.78 is 43.5. The molecule has 0 saturated heterocycles. The molecule has 0 fully saturated rings. The molecule has 0 atom stereocenters. The van der Waals surface area contributed by atoms with Crippen molar-refractivity contribution in [2.75, 3.05) is 20.2 Å². The van der Waals surface area contributed by atoms with Crippen molar-refractivity contribution in [1.29, 1.82) is 0 Å². The zero-order valence-corrected chi connectivity index (χ0v) is 11.2. The summed E-state index contributed by atoms with van der Waals surface area (Å²) in [5, 5.41) is 8.87. The maximum atomic E-state index is 12.9. The summed E-state index contributed by atoms with van der Waals surface area (Å²) >= 11 is 0. The number of aliphatic hydroxyl groups is 1. The van der Waals surface area contributed by atoms with Gasteiger partial charge in [0.15, 0.2) is 6.61 Å². The predicted octanol–water partition coefficient (Wildman–Crippen LogP) is 2.05. The normalized spacial score (nSPS) is 11.3. The van der Waals surface area contributed by atoms with Gasteiger partial charge in [0.1, 0.15) is 5.75 Å². The Morgan fingerprint density at radius 1 is 1.40 bits per heavy atom. The van der Waals surface area contributed by atoms with E-state index in [0.29, 0.717) is 6.54 Å². The topological polar surface area (TPSA) is 49.8 Å². The molecule has 1 amide bonds. The lowest BCUT2D eigenvalue weighted by atomic mass is 10.1. The van der Waals surface area contributed by atoms with Crippen LogP contribution in [-0.2, 0) is 17.6 Å². The summed E-state index contributed by atoms with van der Waals surface area (Å²) in [6, 6.07) is 3.23. The second-order valence-corrected chi connectivity index (χ2v) is 4.18. The van der Waals surface area contributed by atoms with Crippen LogP contribution in [0, 0.1) is 0 Å². The minimum absolute atomic E-state index is 0.127. The van der Waals surface area contributed by atoms with Crippen LogP contribution in [0.1, 0.15) is 18.1 Å². The molecule has 0 saturated carbocycles. The summed E-state index contributed by atoms with van der Waals surface area (Å²) in [6.07, 6.45) is -4.61. The molecule has 1 aromatic rings. The number of likely N-dealkylation sites (N-methyl/N-ethyl adjacent to an activating group) is 1. The van der Waals surface area contributed by atoms with Gasteiger partial charge in [-0.3, -0.25) is 4.79 Å². The molecule has 0 aliphatic heterocycles. The van der Waals surface area contributed by atoms with Crippen molar-refractivity contribution < 1.29 is 27.8 Å². The van der Waals surface area contributed by atoms with Gasteiger partial charge in [-0.2, -0.15) is 13.2 Å². The lowest BCUT2D eigenvalue weighted by Crippen LogP contribution is -2.31. The number of benzene rings is 1. The molecule has 0 aromatic heterocycles. The molecular weight excluding hydrogens is 275 g/mol. The number of aliphatic hydroxyl groups excluding tert-OH is 1. The van der Waals surface area contributed by atoms with Gasteiger partial charge in [0, 0.05) is 13.6 Å². The number of carbonyl (C=O) groups is 1. The van der Waals surface area contributed by atoms with E-state index in [1.54, 1.807) is 6.92 Å². The third-order valence-corrected chi connectivity index (χ3v) is 2.78. The fourth-order valence-corrected chi connectivity index (χ4v) is 1.45. The highest BCUT2D eigenvalue weighted by Crippen LogP contribution is 2.36. The Morgan fingerprint density at radius 2 is 2.05 bits per heavy atom. The SMILES string of the molecule is CCN(C)C(=O)COc1ccc(CO)cc1C(F)(F)F. The molecule has 0 bridgehead atoms. The summed E-state index contributed by atoms with van der Waals surface area (Å²) in [5.74, 6) is -0.834. The Bertz CT molecular complexity index is 474. The van der Waals surface area contributed by atoms with Gasteiger partial charge in [-0.05, 0) is 24.6 Å². The highest BCUT2D eigenvalue weighted by atomic mass is 19.4. The first-order valence-electron chi connectivity index (χ1n) is 5.97. The van der Waals surface area contributed by atoms with Gasteiger partial charge in [-0.1, -0.05) is 6.07 Å². The van der Waals surface area contributed by atoms with Crippen LogP contribution in [0.15, 0.2) is 18.2 Å². The number of carbonyl (C=O) groups excluding carboxylic acids is 1. The number of hydrogen-bond acceptors (Lipinski definition) is 3. The summed E-state index contributed by atoms with van der Waals surface area (Å²) in [7, 11) is 1.53. The van der Waals surface area contributed by atoms with E-state index in [1.807, 2.05) is 0 Å². The van der Waals surface area contributed by atoms with Gasteiger partial charge in [0.25, 0.3) is 5.91 Å². The Kier molecular flexibility index (Phi) is 5.38. The van der Waals surface area contributed by atoms with Crippen LogP contribution < -0.4 is 4.74 Å². The van der Waals surface area contributed by atoms with Gasteiger partial charge < -0.3 is 14.7 Å². The molecule has 0 aliphatic rings. The van der Waals surface area contributed by atoms with Crippen molar-refractivity contribution in [2.24, 2.45) is 0 Å². The fraction of sp³-hybridized carbons (Fsp3) is 0.462. The third-order valence-electron chi connectivity index (χ3n) is 2.78. The standard InChI is InChI=1S/C13H16F3NO3/c1-3-17(2)12(19)8-20-11-5-4-9(7-18)6-10(11)13(14,15)16/h4-6,18H,3,7-8H2,1-2H3. The molecule has 20 heavy (non-hydrogen) atoms. The van der Waals surface area contributed by atoms with Gasteiger partial charge in [0.2, 0.25) is 0 Å². The first-order valence-corrected chi connectivity index (χ1v) is 5.97. The Labute approximate surface area is 114 Å². The molecule has 0 heterocycles. The molecule has 0 radical (unpaired) electrons. The van der Waals surface area contributed by atoms with E-state index in [1.165, 1.54) is 18.0 Å². The van der Waals surface area contributed by atoms with Crippen molar-refractivity contribution in [3.8, 4) is 5.75 Å². The fourth-order valence-electron chi connectivity index (χ4n) is 1.45. The Morgan fingerprint density at radius 3 is 2.55 bits per heavy atom. The average Bonchev–Trinajstić information content (AvgIpc) is 2.42. The van der Waals surface area contributed by atoms with E-state index in [4.69, 9.17) is 9.84 Å². The lowest BCUT2D eigenvalue weighted by molar-refractivity contribution is -0.140. The van der Waals surface area contributed by atoms with E-state index in [9.17, 15) is 18.0 Å². The van der Waals surface area contributed by atoms with Crippen molar-refractivity contribution in [3.63, 3.8) is 0 Å². The molecule has 1 rings (SSSR count). The van der Waals surface area contributed by atoms with Gasteiger partial charge in [0.05, 0.1) is 12.2 Å². The number of hydrogen-bond donors (Lipinski definition) is 1. The van der Waals surface area contributed by atoms with Crippen LogP contribution >= 0.6 is 0 Å². The monoisotopic (exact) mass is 291 g/mol. The van der Waals surface area contributed by atoms with Crippen molar-refractivity contribution in [3.05, 3.63) is 29.3 Å². The molecule has 0 unspecified atom stereocenters. The third kappa shape index (κ3) is 4.12. The molecule has 0 spiro atoms. The number of halogens is 3. The number of ether oxygens (including phenoxy) is 1. The van der Waals surface area contributed by atoms with Crippen LogP contribution in [0.2, 0.25) is 0 Å². The van der Waals surface area contributed by atoms with Crippen molar-refractivity contribution in [2.45, 2.75) is 19.7 Å². The maximum absolute atomic E-state index is 12.9. The highest BCUT2D eigenvalue weighted by molar-refractivity contribution is 5.77. The van der Waals surface area contributed by atoms with Gasteiger partial charge >= 0.3 is 6.18 Å². The lowest BCUT2D eigenvalue weighted by Gasteiger charge is -2.17. The van der Waals surface area contributed by atoms with Gasteiger partial charge in [-0.25, -0.2) is 0 Å². The summed E-state index contributed by atoms with van der Waals surface area (Å²) in [5.41, 5.74) is -0.877. The van der Waals surface area contributed by atoms with E-state index < -0.39 is 36.6 Å². The summed E-state index contributed by atoms with van der Waals surface area (Å²) in [6.45, 7) is 1.22. The minimum atomic E-state index is -4.61. The van der Waals surface area contributed by atoms with E-state index >= 15 is 0 Å². The first kappa shape index (κ1) is 16.3. The quantitative estimate of drug-likeness (QED) is 0.903. The summed E-state index contributed by atoms with van der Waals surface area (Å²) in [4.78, 5) is 12.9. The number of amides is 1. The number of alkyl halides is 3. The minimum Gasteiger partial charge on any atom is -0.483 e. The maximum Gasteiger partial charge on any atom is 0.419 e.